The third-order valence-corrected chi connectivity index (χ3v) is 7.20. The average molecular weight is 595 g/mol. The minimum Gasteiger partial charge on any atom is -0.377 e. The molecule has 42 heavy (non-hydrogen) atoms. The number of aliphatic imine (C=N–C) groups is 1. The Morgan fingerprint density at radius 2 is 1.93 bits per heavy atom. The van der Waals surface area contributed by atoms with Crippen molar-refractivity contribution in [2.45, 2.75) is 26.9 Å². The number of carbonyl (C=O) groups is 2. The zero-order valence-electron chi connectivity index (χ0n) is 22.6. The van der Waals surface area contributed by atoms with Gasteiger partial charge >= 0.3 is 6.03 Å². The minimum absolute atomic E-state index is 0.104. The molecule has 1 aliphatic rings. The van der Waals surface area contributed by atoms with Crippen LogP contribution in [0.3, 0.4) is 0 Å². The number of benzene rings is 3. The molecule has 3 aromatic carbocycles. The van der Waals surface area contributed by atoms with Crippen molar-refractivity contribution >= 4 is 40.2 Å². The molecule has 216 valence electrons. The van der Waals surface area contributed by atoms with Gasteiger partial charge in [0, 0.05) is 23.3 Å². The number of nitrogens with one attached hydrogen (secondary N) is 1. The Morgan fingerprint density at radius 1 is 1.14 bits per heavy atom. The van der Waals surface area contributed by atoms with Crippen molar-refractivity contribution in [2.24, 2.45) is 4.99 Å². The number of hydrogen-bond donors (Lipinski definition) is 1. The molecule has 0 atom stereocenters. The summed E-state index contributed by atoms with van der Waals surface area (Å²) in [6, 6.07) is 14.4. The Bertz CT molecular complexity index is 1660. The summed E-state index contributed by atoms with van der Waals surface area (Å²) in [5.74, 6) is -0.680. The van der Waals surface area contributed by atoms with Crippen molar-refractivity contribution in [3.05, 3.63) is 89.5 Å². The second kappa shape index (κ2) is 12.6. The van der Waals surface area contributed by atoms with Crippen LogP contribution in [0.1, 0.15) is 30.0 Å². The topological polar surface area (TPSA) is 102 Å². The first-order chi connectivity index (χ1) is 20.2. The lowest BCUT2D eigenvalue weighted by Crippen LogP contribution is -2.31. The van der Waals surface area contributed by atoms with Gasteiger partial charge in [-0.2, -0.15) is 4.99 Å². The molecule has 1 N–H and O–H groups in total. The number of alkyl halides is 2. The molecule has 5 rings (SSSR count). The van der Waals surface area contributed by atoms with Crippen molar-refractivity contribution < 1.29 is 27.5 Å². The van der Waals surface area contributed by atoms with E-state index >= 15 is 0 Å². The van der Waals surface area contributed by atoms with E-state index in [1.54, 1.807) is 0 Å². The van der Waals surface area contributed by atoms with Crippen molar-refractivity contribution in [1.82, 2.24) is 14.8 Å². The molecule has 1 saturated heterocycles. The van der Waals surface area contributed by atoms with E-state index in [0.29, 0.717) is 23.5 Å². The fraction of sp³-hybridized carbons (Fsp3) is 0.207. The summed E-state index contributed by atoms with van der Waals surface area (Å²) >= 11 is 1.11. The number of urea groups is 1. The first kappa shape index (κ1) is 29.0. The van der Waals surface area contributed by atoms with Gasteiger partial charge in [0.1, 0.15) is 12.1 Å². The highest BCUT2D eigenvalue weighted by atomic mass is 32.2. The monoisotopic (exact) mass is 594 g/mol. The van der Waals surface area contributed by atoms with E-state index < -0.39 is 18.3 Å². The van der Waals surface area contributed by atoms with E-state index in [9.17, 15) is 22.8 Å². The van der Waals surface area contributed by atoms with Crippen LogP contribution in [-0.4, -0.2) is 44.2 Å². The molecular formula is C29H25F3N6O3S. The zero-order chi connectivity index (χ0) is 29.8. The molecule has 13 heteroatoms. The Hall–Kier alpha value is -4.49. The van der Waals surface area contributed by atoms with E-state index in [1.165, 1.54) is 52.3 Å². The molecular weight excluding hydrogens is 569 g/mol. The fourth-order valence-corrected chi connectivity index (χ4v) is 5.03. The lowest BCUT2D eigenvalue weighted by Gasteiger charge is -2.20. The Labute approximate surface area is 243 Å². The summed E-state index contributed by atoms with van der Waals surface area (Å²) in [4.78, 5) is 35.2. The number of hydrogen-bond acceptors (Lipinski definition) is 6. The summed E-state index contributed by atoms with van der Waals surface area (Å²) < 4.78 is 47.6. The van der Waals surface area contributed by atoms with E-state index in [-0.39, 0.29) is 40.5 Å². The number of amides is 3. The number of ether oxygens (including phenoxy) is 1. The lowest BCUT2D eigenvalue weighted by atomic mass is 10.1. The number of thioether (sulfide) groups is 1. The van der Waals surface area contributed by atoms with Crippen LogP contribution < -0.4 is 10.2 Å². The molecule has 4 aromatic rings. The molecule has 2 heterocycles. The fourth-order valence-electron chi connectivity index (χ4n) is 4.18. The summed E-state index contributed by atoms with van der Waals surface area (Å²) in [6.45, 7) is 4.55. The second-order valence-corrected chi connectivity index (χ2v) is 10.2. The van der Waals surface area contributed by atoms with Crippen molar-refractivity contribution in [2.75, 3.05) is 22.6 Å². The summed E-state index contributed by atoms with van der Waals surface area (Å²) in [5.41, 5.74) is 2.88. The number of anilines is 2. The smallest absolute Gasteiger partial charge is 0.347 e. The average Bonchev–Trinajstić information content (AvgIpc) is 3.60. The predicted molar refractivity (Wildman–Crippen MR) is 155 cm³/mol. The van der Waals surface area contributed by atoms with Crippen LogP contribution in [0, 0.1) is 12.7 Å². The molecule has 1 aromatic heterocycles. The van der Waals surface area contributed by atoms with Gasteiger partial charge in [0.2, 0.25) is 5.91 Å². The number of nitrogens with zero attached hydrogens (tertiary/aromatic N) is 5. The van der Waals surface area contributed by atoms with Crippen molar-refractivity contribution in [3.63, 3.8) is 0 Å². The van der Waals surface area contributed by atoms with Gasteiger partial charge in [-0.3, -0.25) is 9.69 Å². The number of aromatic nitrogens is 3. The van der Waals surface area contributed by atoms with E-state index in [4.69, 9.17) is 4.74 Å². The Balaban J connectivity index is 1.32. The lowest BCUT2D eigenvalue weighted by molar-refractivity contribution is -0.115. The van der Waals surface area contributed by atoms with Gasteiger partial charge in [0.05, 0.1) is 29.4 Å². The molecule has 0 radical (unpaired) electrons. The third-order valence-electron chi connectivity index (χ3n) is 6.28. The van der Waals surface area contributed by atoms with Gasteiger partial charge in [0.25, 0.3) is 6.43 Å². The van der Waals surface area contributed by atoms with Gasteiger partial charge in [-0.15, -0.1) is 5.10 Å². The second-order valence-electron chi connectivity index (χ2n) is 9.21. The quantitative estimate of drug-likeness (QED) is 0.249. The standard InChI is InChI=1S/C29H25F3N6O3S/c1-3-41-14-20-5-4-17(2)12-24(20)38-25(39)15-42-29(38)35-28(40)34-23-11-8-19(13-22(23)30)27-33-16-37(36-27)21-9-6-18(7-10-21)26(31)32/h4-13,16,26H,3,14-15H2,1-2H3,(H,34,40)/b35-29-. The first-order valence-electron chi connectivity index (χ1n) is 12.9. The maximum absolute atomic E-state index is 15.0. The van der Waals surface area contributed by atoms with Gasteiger partial charge in [-0.05, 0) is 55.8 Å². The summed E-state index contributed by atoms with van der Waals surface area (Å²) in [7, 11) is 0. The molecule has 9 nitrogen and oxygen atoms in total. The predicted octanol–water partition coefficient (Wildman–Crippen LogP) is 6.52. The van der Waals surface area contributed by atoms with E-state index in [0.717, 1.165) is 29.0 Å². The largest absolute Gasteiger partial charge is 0.377 e. The van der Waals surface area contributed by atoms with Crippen LogP contribution >= 0.6 is 11.8 Å². The normalized spacial score (nSPS) is 14.3. The Kier molecular flexibility index (Phi) is 8.69. The number of halogens is 3. The molecule has 1 fully saturated rings. The molecule has 0 spiro atoms. The molecule has 3 amide bonds. The maximum atomic E-state index is 15.0. The maximum Gasteiger partial charge on any atom is 0.347 e. The minimum atomic E-state index is -2.58. The van der Waals surface area contributed by atoms with Crippen LogP contribution in [0.2, 0.25) is 0 Å². The third kappa shape index (κ3) is 6.37. The number of aryl methyl sites for hydroxylation is 1. The zero-order valence-corrected chi connectivity index (χ0v) is 23.4. The van der Waals surface area contributed by atoms with Crippen LogP contribution in [0.4, 0.5) is 29.3 Å². The van der Waals surface area contributed by atoms with Crippen LogP contribution in [0.15, 0.2) is 72.0 Å². The van der Waals surface area contributed by atoms with E-state index in [1.807, 2.05) is 32.0 Å². The highest BCUT2D eigenvalue weighted by Crippen LogP contribution is 2.31. The van der Waals surface area contributed by atoms with Crippen LogP contribution in [-0.2, 0) is 16.1 Å². The molecule has 0 unspecified atom stereocenters. The highest BCUT2D eigenvalue weighted by molar-refractivity contribution is 8.15. The summed E-state index contributed by atoms with van der Waals surface area (Å²) in [6.07, 6.45) is -1.19. The molecule has 0 bridgehead atoms. The number of carbonyl (C=O) groups excluding carboxylic acids is 2. The van der Waals surface area contributed by atoms with Crippen molar-refractivity contribution in [3.8, 4) is 17.1 Å². The van der Waals surface area contributed by atoms with Crippen molar-refractivity contribution in [1.29, 1.82) is 0 Å². The number of rotatable bonds is 8. The Morgan fingerprint density at radius 3 is 2.64 bits per heavy atom. The molecule has 1 aliphatic heterocycles. The number of amidine groups is 1. The van der Waals surface area contributed by atoms with Gasteiger partial charge in [-0.1, -0.05) is 36.0 Å². The van der Waals surface area contributed by atoms with Crippen LogP contribution in [0.25, 0.3) is 17.1 Å². The highest BCUT2D eigenvalue weighted by Gasteiger charge is 2.32. The van der Waals surface area contributed by atoms with Gasteiger partial charge in [0.15, 0.2) is 11.0 Å². The van der Waals surface area contributed by atoms with E-state index in [2.05, 4.69) is 20.4 Å². The first-order valence-corrected chi connectivity index (χ1v) is 13.8. The van der Waals surface area contributed by atoms with Crippen LogP contribution in [0.5, 0.6) is 0 Å². The molecule has 0 saturated carbocycles. The summed E-state index contributed by atoms with van der Waals surface area (Å²) in [5, 5.41) is 6.89. The van der Waals surface area contributed by atoms with Gasteiger partial charge in [-0.25, -0.2) is 27.6 Å². The SMILES string of the molecule is CCOCc1ccc(C)cc1N1C(=O)CS/C1=N\C(=O)Nc1ccc(-c2ncn(-c3ccc(C(F)F)cc3)n2)cc1F. The molecule has 0 aliphatic carbocycles. The van der Waals surface area contributed by atoms with Gasteiger partial charge < -0.3 is 10.1 Å².